The Hall–Kier alpha value is -2.46. The predicted molar refractivity (Wildman–Crippen MR) is 138 cm³/mol. The van der Waals surface area contributed by atoms with Crippen LogP contribution in [0.3, 0.4) is 0 Å². The molecule has 1 aromatic heterocycles. The van der Waals surface area contributed by atoms with Gasteiger partial charge in [-0.25, -0.2) is 9.37 Å². The van der Waals surface area contributed by atoms with Gasteiger partial charge in [-0.15, -0.1) is 11.6 Å². The maximum atomic E-state index is 13.6. The first kappa shape index (κ1) is 26.6. The van der Waals surface area contributed by atoms with Crippen molar-refractivity contribution in [2.45, 2.75) is 44.0 Å². The average molecular weight is 520 g/mol. The van der Waals surface area contributed by atoms with Crippen LogP contribution in [0.4, 0.5) is 10.1 Å². The highest BCUT2D eigenvalue weighted by Crippen LogP contribution is 2.28. The number of piperazine rings is 1. The summed E-state index contributed by atoms with van der Waals surface area (Å²) in [6, 6.07) is 8.54. The van der Waals surface area contributed by atoms with Crippen molar-refractivity contribution < 1.29 is 19.0 Å². The van der Waals surface area contributed by atoms with E-state index in [1.165, 1.54) is 24.2 Å². The zero-order valence-corrected chi connectivity index (χ0v) is 21.5. The van der Waals surface area contributed by atoms with Crippen LogP contribution >= 0.6 is 11.6 Å². The monoisotopic (exact) mass is 519 g/mol. The standard InChI is InChI=1S/C26H35ClFN5O3/c1-19(2)31-9-11-32(12-10-31)21-4-6-23(7-5-21)35-15-22(34)16-36-26(14-33-18-29-17-30-33)24-8-3-20(28)13-25(24)27/h3-8,13,17-19,22,24-26,34H,9-12,14-16H2,1-2H3/t22-,24?,25?,26+/m0/s1. The number of anilines is 1. The first-order chi connectivity index (χ1) is 17.4. The van der Waals surface area contributed by atoms with E-state index < -0.39 is 17.6 Å². The number of aliphatic hydroxyl groups excluding tert-OH is 1. The third-order valence-electron chi connectivity index (χ3n) is 6.62. The molecule has 1 saturated heterocycles. The number of aliphatic hydroxyl groups is 1. The number of ether oxygens (including phenoxy) is 2. The molecule has 1 fully saturated rings. The zero-order valence-electron chi connectivity index (χ0n) is 20.8. The first-order valence-corrected chi connectivity index (χ1v) is 12.9. The lowest BCUT2D eigenvalue weighted by atomic mass is 9.93. The van der Waals surface area contributed by atoms with Gasteiger partial charge < -0.3 is 19.5 Å². The zero-order chi connectivity index (χ0) is 25.5. The van der Waals surface area contributed by atoms with Crippen molar-refractivity contribution in [3.63, 3.8) is 0 Å². The summed E-state index contributed by atoms with van der Waals surface area (Å²) in [7, 11) is 0. The van der Waals surface area contributed by atoms with Gasteiger partial charge >= 0.3 is 0 Å². The Labute approximate surface area is 217 Å². The molecule has 1 aromatic carbocycles. The molecular formula is C26H35ClFN5O3. The Balaban J connectivity index is 1.25. The third kappa shape index (κ3) is 7.29. The van der Waals surface area contributed by atoms with E-state index in [9.17, 15) is 9.50 Å². The van der Waals surface area contributed by atoms with Crippen LogP contribution in [-0.2, 0) is 11.3 Å². The topological polar surface area (TPSA) is 75.9 Å². The molecule has 2 unspecified atom stereocenters. The Morgan fingerprint density at radius 1 is 1.14 bits per heavy atom. The minimum atomic E-state index is -0.847. The Morgan fingerprint density at radius 2 is 1.89 bits per heavy atom. The van der Waals surface area contributed by atoms with Crippen LogP contribution in [0.15, 0.2) is 61.0 Å². The number of aromatic nitrogens is 3. The lowest BCUT2D eigenvalue weighted by Gasteiger charge is -2.38. The number of rotatable bonds is 11. The fraction of sp³-hybridized carbons (Fsp3) is 0.538. The van der Waals surface area contributed by atoms with Crippen LogP contribution < -0.4 is 9.64 Å². The van der Waals surface area contributed by atoms with Crippen molar-refractivity contribution in [2.24, 2.45) is 5.92 Å². The van der Waals surface area contributed by atoms with Gasteiger partial charge in [0.15, 0.2) is 0 Å². The number of hydrogen-bond acceptors (Lipinski definition) is 7. The SMILES string of the molecule is CC(C)N1CCN(c2ccc(OC[C@H](O)CO[C@H](Cn3cncn3)C3C=CC(F)=CC3Cl)cc2)CC1. The quantitative estimate of drug-likeness (QED) is 0.457. The van der Waals surface area contributed by atoms with Crippen LogP contribution in [0.2, 0.25) is 0 Å². The summed E-state index contributed by atoms with van der Waals surface area (Å²) in [5.41, 5.74) is 1.17. The van der Waals surface area contributed by atoms with E-state index >= 15 is 0 Å². The number of halogens is 2. The fourth-order valence-corrected chi connectivity index (χ4v) is 4.85. The van der Waals surface area contributed by atoms with Crippen molar-refractivity contribution >= 4 is 17.3 Å². The summed E-state index contributed by atoms with van der Waals surface area (Å²) < 4.78 is 27.0. The molecule has 0 spiro atoms. The van der Waals surface area contributed by atoms with Gasteiger partial charge in [-0.1, -0.05) is 6.08 Å². The van der Waals surface area contributed by atoms with Crippen LogP contribution in [0.5, 0.6) is 5.75 Å². The van der Waals surface area contributed by atoms with E-state index in [0.29, 0.717) is 18.3 Å². The molecule has 1 N–H and O–H groups in total. The second kappa shape index (κ2) is 12.7. The highest BCUT2D eigenvalue weighted by molar-refractivity contribution is 6.22. The predicted octanol–water partition coefficient (Wildman–Crippen LogP) is 3.28. The maximum absolute atomic E-state index is 13.6. The van der Waals surface area contributed by atoms with Gasteiger partial charge in [-0.05, 0) is 50.3 Å². The molecule has 1 aliphatic heterocycles. The summed E-state index contributed by atoms with van der Waals surface area (Å²) in [5.74, 6) is 0.0379. The van der Waals surface area contributed by atoms with Gasteiger partial charge in [-0.2, -0.15) is 5.10 Å². The van der Waals surface area contributed by atoms with Gasteiger partial charge in [0, 0.05) is 43.8 Å². The molecule has 0 radical (unpaired) electrons. The lowest BCUT2D eigenvalue weighted by Crippen LogP contribution is -2.48. The molecule has 2 heterocycles. The van der Waals surface area contributed by atoms with E-state index in [2.05, 4.69) is 45.9 Å². The van der Waals surface area contributed by atoms with E-state index in [1.54, 1.807) is 17.1 Å². The van der Waals surface area contributed by atoms with Crippen molar-refractivity contribution in [2.75, 3.05) is 44.3 Å². The summed E-state index contributed by atoms with van der Waals surface area (Å²) in [5, 5.41) is 14.1. The van der Waals surface area contributed by atoms with Crippen molar-refractivity contribution in [1.82, 2.24) is 19.7 Å². The third-order valence-corrected chi connectivity index (χ3v) is 7.04. The minimum absolute atomic E-state index is 0.0394. The lowest BCUT2D eigenvalue weighted by molar-refractivity contribution is -0.0455. The Bertz CT molecular complexity index is 994. The molecule has 4 rings (SSSR count). The number of allylic oxidation sites excluding steroid dienone is 3. The van der Waals surface area contributed by atoms with Crippen LogP contribution in [0.25, 0.3) is 0 Å². The summed E-state index contributed by atoms with van der Waals surface area (Å²) in [4.78, 5) is 8.82. The van der Waals surface area contributed by atoms with Crippen LogP contribution in [0, 0.1) is 5.92 Å². The van der Waals surface area contributed by atoms with E-state index in [-0.39, 0.29) is 25.0 Å². The van der Waals surface area contributed by atoms with E-state index in [4.69, 9.17) is 21.1 Å². The maximum Gasteiger partial charge on any atom is 0.137 e. The second-order valence-electron chi connectivity index (χ2n) is 9.50. The molecule has 36 heavy (non-hydrogen) atoms. The second-order valence-corrected chi connectivity index (χ2v) is 10.0. The summed E-state index contributed by atoms with van der Waals surface area (Å²) in [6.07, 6.45) is 6.18. The molecule has 8 nitrogen and oxygen atoms in total. The van der Waals surface area contributed by atoms with Crippen LogP contribution in [-0.4, -0.2) is 87.8 Å². The first-order valence-electron chi connectivity index (χ1n) is 12.4. The van der Waals surface area contributed by atoms with E-state index in [1.807, 2.05) is 12.1 Å². The summed E-state index contributed by atoms with van der Waals surface area (Å²) >= 11 is 6.37. The molecule has 0 saturated carbocycles. The highest BCUT2D eigenvalue weighted by atomic mass is 35.5. The largest absolute Gasteiger partial charge is 0.491 e. The molecular weight excluding hydrogens is 485 g/mol. The molecule has 10 heteroatoms. The van der Waals surface area contributed by atoms with Gasteiger partial charge in [0.1, 0.15) is 36.9 Å². The molecule has 0 amide bonds. The normalized spacial score (nSPS) is 22.5. The van der Waals surface area contributed by atoms with Gasteiger partial charge in [0.25, 0.3) is 0 Å². The number of benzene rings is 1. The smallest absolute Gasteiger partial charge is 0.137 e. The molecule has 1 aliphatic carbocycles. The number of nitrogens with zero attached hydrogens (tertiary/aromatic N) is 5. The van der Waals surface area contributed by atoms with E-state index in [0.717, 1.165) is 26.2 Å². The number of hydrogen-bond donors (Lipinski definition) is 1. The minimum Gasteiger partial charge on any atom is -0.491 e. The van der Waals surface area contributed by atoms with Crippen molar-refractivity contribution in [3.05, 3.63) is 61.0 Å². The molecule has 196 valence electrons. The van der Waals surface area contributed by atoms with Gasteiger partial charge in [0.05, 0.1) is 24.6 Å². The molecule has 0 bridgehead atoms. The van der Waals surface area contributed by atoms with Crippen molar-refractivity contribution in [3.8, 4) is 5.75 Å². The molecule has 2 aromatic rings. The Morgan fingerprint density at radius 3 is 2.53 bits per heavy atom. The Kier molecular flexibility index (Phi) is 9.36. The van der Waals surface area contributed by atoms with Gasteiger partial charge in [-0.3, -0.25) is 9.58 Å². The van der Waals surface area contributed by atoms with Crippen LogP contribution in [0.1, 0.15) is 13.8 Å². The average Bonchev–Trinajstić information content (AvgIpc) is 3.39. The fourth-order valence-electron chi connectivity index (χ4n) is 4.48. The van der Waals surface area contributed by atoms with Crippen molar-refractivity contribution in [1.29, 1.82) is 0 Å². The molecule has 2 aliphatic rings. The number of alkyl halides is 1. The molecule has 4 atom stereocenters. The summed E-state index contributed by atoms with van der Waals surface area (Å²) in [6.45, 7) is 9.10. The highest BCUT2D eigenvalue weighted by Gasteiger charge is 2.30. The van der Waals surface area contributed by atoms with Gasteiger partial charge in [0.2, 0.25) is 0 Å².